The third kappa shape index (κ3) is 20.7. The van der Waals surface area contributed by atoms with Gasteiger partial charge in [-0.1, -0.05) is 6.92 Å². The van der Waals surface area contributed by atoms with Gasteiger partial charge in [-0.15, -0.1) is 13.2 Å². The molecule has 0 aromatic carbocycles. The van der Waals surface area contributed by atoms with Crippen molar-refractivity contribution in [3.8, 4) is 0 Å². The topological polar surface area (TPSA) is 78.7 Å². The summed E-state index contributed by atoms with van der Waals surface area (Å²) in [5.41, 5.74) is 0. The molecule has 0 atom stereocenters. The van der Waals surface area contributed by atoms with Crippen LogP contribution in [0.25, 0.3) is 0 Å². The van der Waals surface area contributed by atoms with E-state index in [0.717, 1.165) is 13.2 Å². The van der Waals surface area contributed by atoms with Crippen molar-refractivity contribution in [2.24, 2.45) is 0 Å². The molecule has 0 heterocycles. The molecule has 0 spiro atoms. The lowest BCUT2D eigenvalue weighted by Gasteiger charge is -2.08. The monoisotopic (exact) mass is 295 g/mol. The molecule has 0 saturated carbocycles. The molecular formula is C8H16F3NO5S. The Labute approximate surface area is 104 Å². The van der Waals surface area contributed by atoms with Crippen molar-refractivity contribution in [2.75, 3.05) is 27.3 Å². The quantitative estimate of drug-likeness (QED) is 0.323. The summed E-state index contributed by atoms with van der Waals surface area (Å²) in [6, 6.07) is 0. The number of nitrogens with zero attached hydrogens (tertiary/aromatic N) is 1. The minimum Gasteiger partial charge on any atom is -0.725 e. The van der Waals surface area contributed by atoms with Crippen molar-refractivity contribution >= 4 is 16.6 Å². The van der Waals surface area contributed by atoms with E-state index in [4.69, 9.17) is 17.7 Å². The zero-order chi connectivity index (χ0) is 14.8. The van der Waals surface area contributed by atoms with Crippen LogP contribution in [0.1, 0.15) is 13.3 Å². The normalized spacial score (nSPS) is 12.9. The lowest BCUT2D eigenvalue weighted by molar-refractivity contribution is -0.494. The summed E-state index contributed by atoms with van der Waals surface area (Å²) in [6.45, 7) is 4.00. The van der Waals surface area contributed by atoms with Gasteiger partial charge in [0.15, 0.2) is 6.21 Å². The van der Waals surface area contributed by atoms with E-state index in [1.807, 2.05) is 10.4 Å². The number of methoxy groups -OCH3 is 1. The highest BCUT2D eigenvalue weighted by Gasteiger charge is 2.32. The third-order valence-corrected chi connectivity index (χ3v) is 1.72. The second kappa shape index (κ2) is 9.25. The summed E-state index contributed by atoms with van der Waals surface area (Å²) < 4.78 is 68.7. The number of alkyl halides is 3. The molecule has 0 bridgehead atoms. The first kappa shape index (κ1) is 19.6. The van der Waals surface area contributed by atoms with Crippen molar-refractivity contribution in [3.05, 3.63) is 0 Å². The average Bonchev–Trinajstić information content (AvgIpc) is 2.10. The van der Waals surface area contributed by atoms with Gasteiger partial charge in [-0.25, -0.2) is 13.0 Å². The van der Waals surface area contributed by atoms with Crippen LogP contribution in [0.15, 0.2) is 0 Å². The van der Waals surface area contributed by atoms with E-state index in [-0.39, 0.29) is 0 Å². The van der Waals surface area contributed by atoms with Crippen LogP contribution in [0.3, 0.4) is 0 Å². The second-order valence-corrected chi connectivity index (χ2v) is 4.04. The summed E-state index contributed by atoms with van der Waals surface area (Å²) in [6.07, 6.45) is -2.18. The van der Waals surface area contributed by atoms with Crippen LogP contribution < -0.4 is 0 Å². The Kier molecular flexibility index (Phi) is 10.1. The highest BCUT2D eigenvalue weighted by molar-refractivity contribution is 7.80. The van der Waals surface area contributed by atoms with Crippen LogP contribution in [-0.4, -0.2) is 57.4 Å². The van der Waals surface area contributed by atoms with Gasteiger partial charge in [0.25, 0.3) is 0 Å². The summed E-state index contributed by atoms with van der Waals surface area (Å²) in [7, 11) is -1.89. The van der Waals surface area contributed by atoms with Gasteiger partial charge in [0.2, 0.25) is 10.4 Å². The molecule has 10 heteroatoms. The Morgan fingerprint density at radius 2 is 1.89 bits per heavy atom. The van der Waals surface area contributed by atoms with Crippen molar-refractivity contribution < 1.29 is 39.6 Å². The largest absolute Gasteiger partial charge is 0.725 e. The first-order chi connectivity index (χ1) is 8.02. The van der Waals surface area contributed by atoms with Crippen LogP contribution >= 0.6 is 0 Å². The first-order valence-electron chi connectivity index (χ1n) is 4.77. The number of rotatable bonds is 5. The smallest absolute Gasteiger partial charge is 0.536 e. The van der Waals surface area contributed by atoms with Gasteiger partial charge in [-0.05, 0) is 0 Å². The Hall–Kier alpha value is -0.710. The second-order valence-electron chi connectivity index (χ2n) is 3.06. The zero-order valence-electron chi connectivity index (χ0n) is 10.2. The number of halogens is 3. The predicted molar refractivity (Wildman–Crippen MR) is 56.1 cm³/mol. The molecule has 18 heavy (non-hydrogen) atoms. The van der Waals surface area contributed by atoms with E-state index in [0.29, 0.717) is 0 Å². The van der Waals surface area contributed by atoms with Crippen LogP contribution in [0.5, 0.6) is 0 Å². The van der Waals surface area contributed by atoms with Crippen LogP contribution in [0.2, 0.25) is 0 Å². The molecule has 0 saturated heterocycles. The maximum atomic E-state index is 10.8. The van der Waals surface area contributed by atoms with Gasteiger partial charge >= 0.3 is 6.36 Å². The number of hydrogen-bond acceptors (Lipinski definition) is 5. The molecule has 6 nitrogen and oxygen atoms in total. The Morgan fingerprint density at radius 3 is 2.11 bits per heavy atom. The van der Waals surface area contributed by atoms with E-state index in [2.05, 4.69) is 18.5 Å². The van der Waals surface area contributed by atoms with Crippen molar-refractivity contribution in [1.82, 2.24) is 0 Å². The fourth-order valence-electron chi connectivity index (χ4n) is 0.761. The summed E-state index contributed by atoms with van der Waals surface area (Å²) in [5, 5.41) is 0. The molecule has 0 rings (SSSR count). The van der Waals surface area contributed by atoms with Crippen molar-refractivity contribution in [2.45, 2.75) is 19.7 Å². The van der Waals surface area contributed by atoms with Gasteiger partial charge in [0, 0.05) is 13.5 Å². The summed E-state index contributed by atoms with van der Waals surface area (Å²) in [5.74, 6) is 0. The fraction of sp³-hybridized carbons (Fsp3) is 0.875. The molecular weight excluding hydrogens is 279 g/mol. The molecule has 0 amide bonds. The van der Waals surface area contributed by atoms with Gasteiger partial charge in [0.1, 0.15) is 20.2 Å². The SMILES string of the molecule is CCC[N+](C)=CCOC.O=S(=O)([O-])OC(F)(F)F. The van der Waals surface area contributed by atoms with E-state index in [1.54, 1.807) is 7.11 Å². The van der Waals surface area contributed by atoms with Gasteiger partial charge in [0.05, 0.1) is 0 Å². The number of ether oxygens (including phenoxy) is 1. The Bertz CT molecular complexity index is 339. The Morgan fingerprint density at radius 1 is 1.39 bits per heavy atom. The highest BCUT2D eigenvalue weighted by Crippen LogP contribution is 2.17. The van der Waals surface area contributed by atoms with Gasteiger partial charge in [-0.3, -0.25) is 0 Å². The van der Waals surface area contributed by atoms with E-state index < -0.39 is 16.8 Å². The van der Waals surface area contributed by atoms with E-state index in [1.165, 1.54) is 6.42 Å². The standard InChI is InChI=1S/C7H16NO.CHF3O4S/c1-4-5-8(2)6-7-9-3;2-1(3,4)8-9(5,6)7/h6H,4-5,7H2,1-3H3;(H,5,6,7)/q+1;/p-1. The van der Waals surface area contributed by atoms with Crippen LogP contribution in [0.4, 0.5) is 13.2 Å². The lowest BCUT2D eigenvalue weighted by Crippen LogP contribution is -2.18. The first-order valence-corrected chi connectivity index (χ1v) is 6.10. The minimum absolute atomic E-state index is 0.719. The van der Waals surface area contributed by atoms with E-state index in [9.17, 15) is 13.2 Å². The summed E-state index contributed by atoms with van der Waals surface area (Å²) in [4.78, 5) is 0. The average molecular weight is 295 g/mol. The molecule has 0 aliphatic carbocycles. The molecule has 0 aliphatic rings. The minimum atomic E-state index is -5.66. The zero-order valence-corrected chi connectivity index (χ0v) is 11.0. The van der Waals surface area contributed by atoms with E-state index >= 15 is 0 Å². The molecule has 0 aromatic rings. The summed E-state index contributed by atoms with van der Waals surface area (Å²) >= 11 is 0. The lowest BCUT2D eigenvalue weighted by atomic mass is 10.5. The Balaban J connectivity index is 0. The van der Waals surface area contributed by atoms with Crippen LogP contribution in [0, 0.1) is 0 Å². The van der Waals surface area contributed by atoms with Gasteiger partial charge < -0.3 is 9.29 Å². The maximum Gasteiger partial charge on any atom is 0.536 e. The molecule has 110 valence electrons. The van der Waals surface area contributed by atoms with Crippen LogP contribution in [-0.2, 0) is 19.3 Å². The predicted octanol–water partition coefficient (Wildman–Crippen LogP) is 0.739. The molecule has 0 fully saturated rings. The maximum absolute atomic E-state index is 10.8. The third-order valence-electron chi connectivity index (χ3n) is 1.33. The van der Waals surface area contributed by atoms with Crippen molar-refractivity contribution in [1.29, 1.82) is 0 Å². The molecule has 0 aliphatic heterocycles. The highest BCUT2D eigenvalue weighted by atomic mass is 32.3. The number of hydrogen-bond donors (Lipinski definition) is 0. The molecule has 0 radical (unpaired) electrons. The van der Waals surface area contributed by atoms with Gasteiger partial charge in [-0.2, -0.15) is 4.18 Å². The van der Waals surface area contributed by atoms with Crippen molar-refractivity contribution in [3.63, 3.8) is 0 Å². The molecule has 0 unspecified atom stereocenters. The molecule has 0 aromatic heterocycles. The fourth-order valence-corrected chi connectivity index (χ4v) is 0.993. The molecule has 0 N–H and O–H groups in total.